The van der Waals surface area contributed by atoms with E-state index in [0.717, 1.165) is 71.7 Å². The normalized spacial score (nSPS) is 20.7. The van der Waals surface area contributed by atoms with Gasteiger partial charge >= 0.3 is 0 Å². The molecule has 0 aromatic heterocycles. The van der Waals surface area contributed by atoms with Crippen LogP contribution in [-0.2, 0) is 16.0 Å². The van der Waals surface area contributed by atoms with Crippen LogP contribution < -0.4 is 5.32 Å². The molecular weight excluding hydrogens is 326 g/mol. The number of ether oxygens (including phenoxy) is 1. The molecule has 2 aliphatic rings. The number of hydrogen-bond donors (Lipinski definition) is 1. The third-order valence-corrected chi connectivity index (χ3v) is 5.43. The predicted molar refractivity (Wildman–Crippen MR) is 104 cm³/mol. The lowest BCUT2D eigenvalue weighted by atomic mass is 10.1. The number of carbonyl (C=O) groups is 1. The molecule has 2 heterocycles. The molecule has 1 aromatic rings. The van der Waals surface area contributed by atoms with Crippen molar-refractivity contribution in [3.05, 3.63) is 35.4 Å². The van der Waals surface area contributed by atoms with Gasteiger partial charge in [-0.25, -0.2) is 0 Å². The third kappa shape index (κ3) is 6.08. The molecule has 1 aromatic carbocycles. The summed E-state index contributed by atoms with van der Waals surface area (Å²) >= 11 is 0. The number of piperazine rings is 1. The lowest BCUT2D eigenvalue weighted by Crippen LogP contribution is -2.47. The summed E-state index contributed by atoms with van der Waals surface area (Å²) in [5, 5.41) is 3.30. The molecule has 144 valence electrons. The van der Waals surface area contributed by atoms with Gasteiger partial charge in [-0.2, -0.15) is 0 Å². The molecule has 0 aliphatic carbocycles. The second-order valence-electron chi connectivity index (χ2n) is 7.55. The van der Waals surface area contributed by atoms with Gasteiger partial charge in [0.25, 0.3) is 0 Å². The lowest BCUT2D eigenvalue weighted by molar-refractivity contribution is -0.132. The van der Waals surface area contributed by atoms with E-state index in [9.17, 15) is 4.79 Å². The van der Waals surface area contributed by atoms with Crippen molar-refractivity contribution in [3.8, 4) is 0 Å². The largest absolute Gasteiger partial charge is 0.377 e. The Kier molecular flexibility index (Phi) is 7.47. The Morgan fingerprint density at radius 2 is 2.00 bits per heavy atom. The van der Waals surface area contributed by atoms with Crippen molar-refractivity contribution >= 4 is 5.91 Å². The van der Waals surface area contributed by atoms with Crippen molar-refractivity contribution in [1.82, 2.24) is 15.1 Å². The maximum absolute atomic E-state index is 12.5. The summed E-state index contributed by atoms with van der Waals surface area (Å²) in [6.07, 6.45) is 4.28. The van der Waals surface area contributed by atoms with Gasteiger partial charge in [0.2, 0.25) is 5.91 Å². The molecule has 26 heavy (non-hydrogen) atoms. The van der Waals surface area contributed by atoms with Crippen molar-refractivity contribution in [2.24, 2.45) is 0 Å². The minimum Gasteiger partial charge on any atom is -0.377 e. The molecule has 5 nitrogen and oxygen atoms in total. The van der Waals surface area contributed by atoms with Crippen molar-refractivity contribution < 1.29 is 9.53 Å². The Morgan fingerprint density at radius 3 is 2.69 bits per heavy atom. The van der Waals surface area contributed by atoms with Crippen LogP contribution >= 0.6 is 0 Å². The van der Waals surface area contributed by atoms with E-state index in [-0.39, 0.29) is 0 Å². The van der Waals surface area contributed by atoms with E-state index in [1.54, 1.807) is 0 Å². The molecule has 0 radical (unpaired) electrons. The molecule has 2 aliphatic heterocycles. The van der Waals surface area contributed by atoms with E-state index in [1.807, 2.05) is 4.90 Å². The monoisotopic (exact) mass is 359 g/mol. The number of amides is 1. The van der Waals surface area contributed by atoms with E-state index in [2.05, 4.69) is 41.4 Å². The summed E-state index contributed by atoms with van der Waals surface area (Å²) in [6, 6.07) is 8.78. The fourth-order valence-corrected chi connectivity index (χ4v) is 3.74. The maximum atomic E-state index is 12.5. The van der Waals surface area contributed by atoms with Crippen LogP contribution in [0, 0.1) is 6.92 Å². The summed E-state index contributed by atoms with van der Waals surface area (Å²) in [6.45, 7) is 9.28. The quantitative estimate of drug-likeness (QED) is 0.769. The molecule has 2 saturated heterocycles. The van der Waals surface area contributed by atoms with Gasteiger partial charge in [-0.05, 0) is 31.7 Å². The van der Waals surface area contributed by atoms with Crippen LogP contribution in [0.25, 0.3) is 0 Å². The van der Waals surface area contributed by atoms with Crippen molar-refractivity contribution in [1.29, 1.82) is 0 Å². The molecular formula is C21H33N3O2. The summed E-state index contributed by atoms with van der Waals surface area (Å²) in [5.74, 6) is 0.291. The van der Waals surface area contributed by atoms with Crippen LogP contribution in [0.1, 0.15) is 30.4 Å². The van der Waals surface area contributed by atoms with Crippen LogP contribution in [0.4, 0.5) is 0 Å². The minimum atomic E-state index is 0.291. The Morgan fingerprint density at radius 1 is 1.23 bits per heavy atom. The van der Waals surface area contributed by atoms with Gasteiger partial charge < -0.3 is 15.0 Å². The first-order chi connectivity index (χ1) is 12.7. The van der Waals surface area contributed by atoms with Crippen molar-refractivity contribution in [3.63, 3.8) is 0 Å². The smallest absolute Gasteiger partial charge is 0.223 e. The topological polar surface area (TPSA) is 44.8 Å². The highest BCUT2D eigenvalue weighted by Crippen LogP contribution is 2.14. The number of carbonyl (C=O) groups excluding carboxylic acids is 1. The molecule has 0 spiro atoms. The van der Waals surface area contributed by atoms with Gasteiger partial charge in [0.05, 0.1) is 6.10 Å². The first kappa shape index (κ1) is 19.3. The molecule has 0 bridgehead atoms. The lowest BCUT2D eigenvalue weighted by Gasteiger charge is -2.29. The second kappa shape index (κ2) is 10.0. The van der Waals surface area contributed by atoms with Crippen LogP contribution in [0.2, 0.25) is 0 Å². The van der Waals surface area contributed by atoms with E-state index in [0.29, 0.717) is 18.4 Å². The zero-order chi connectivity index (χ0) is 18.2. The highest BCUT2D eigenvalue weighted by atomic mass is 16.5. The number of hydrogen-bond acceptors (Lipinski definition) is 4. The van der Waals surface area contributed by atoms with Gasteiger partial charge in [-0.15, -0.1) is 0 Å². The van der Waals surface area contributed by atoms with Gasteiger partial charge in [-0.1, -0.05) is 29.8 Å². The average molecular weight is 360 g/mol. The number of aryl methyl sites for hydroxylation is 1. The highest BCUT2D eigenvalue weighted by molar-refractivity contribution is 5.76. The molecule has 1 N–H and O–H groups in total. The fourth-order valence-electron chi connectivity index (χ4n) is 3.74. The summed E-state index contributed by atoms with van der Waals surface area (Å²) in [4.78, 5) is 16.9. The average Bonchev–Trinajstić information content (AvgIpc) is 3.19. The molecule has 3 rings (SSSR count). The Labute approximate surface area is 157 Å². The van der Waals surface area contributed by atoms with Crippen LogP contribution in [0.3, 0.4) is 0 Å². The Hall–Kier alpha value is -1.43. The summed E-state index contributed by atoms with van der Waals surface area (Å²) in [5.41, 5.74) is 2.66. The number of nitrogens with one attached hydrogen (secondary N) is 1. The van der Waals surface area contributed by atoms with Gasteiger partial charge in [0.15, 0.2) is 0 Å². The van der Waals surface area contributed by atoms with E-state index in [1.165, 1.54) is 11.1 Å². The Bertz CT molecular complexity index is 549. The maximum Gasteiger partial charge on any atom is 0.223 e. The van der Waals surface area contributed by atoms with Crippen LogP contribution in [0.15, 0.2) is 24.3 Å². The van der Waals surface area contributed by atoms with Gasteiger partial charge in [0, 0.05) is 58.8 Å². The number of nitrogens with zero attached hydrogens (tertiary/aromatic N) is 2. The second-order valence-corrected chi connectivity index (χ2v) is 7.55. The molecule has 1 atom stereocenters. The zero-order valence-corrected chi connectivity index (χ0v) is 16.1. The van der Waals surface area contributed by atoms with Gasteiger partial charge in [-0.3, -0.25) is 9.69 Å². The third-order valence-electron chi connectivity index (χ3n) is 5.43. The van der Waals surface area contributed by atoms with Crippen molar-refractivity contribution in [2.75, 3.05) is 52.4 Å². The first-order valence-electron chi connectivity index (χ1n) is 10.1. The van der Waals surface area contributed by atoms with E-state index in [4.69, 9.17) is 4.74 Å². The van der Waals surface area contributed by atoms with Gasteiger partial charge in [0.1, 0.15) is 0 Å². The molecule has 0 saturated carbocycles. The van der Waals surface area contributed by atoms with E-state index >= 15 is 0 Å². The molecule has 1 unspecified atom stereocenters. The first-order valence-corrected chi connectivity index (χ1v) is 10.1. The molecule has 5 heteroatoms. The zero-order valence-electron chi connectivity index (χ0n) is 16.1. The predicted octanol–water partition coefficient (Wildman–Crippen LogP) is 1.84. The van der Waals surface area contributed by atoms with Crippen LogP contribution in [-0.4, -0.2) is 74.2 Å². The SMILES string of the molecule is Cc1ccc(CCN(CCC(=O)N2CCNCC2)CC2CCCO2)cc1. The fraction of sp³-hybridized carbons (Fsp3) is 0.667. The summed E-state index contributed by atoms with van der Waals surface area (Å²) < 4.78 is 5.83. The number of benzene rings is 1. The number of rotatable bonds is 8. The Balaban J connectivity index is 1.50. The standard InChI is InChI=1S/C21H33N3O2/c1-18-4-6-19(7-5-18)8-12-23(17-20-3-2-16-26-20)13-9-21(25)24-14-10-22-11-15-24/h4-7,20,22H,2-3,8-17H2,1H3. The van der Waals surface area contributed by atoms with Crippen LogP contribution in [0.5, 0.6) is 0 Å². The molecule has 1 amide bonds. The van der Waals surface area contributed by atoms with Crippen molar-refractivity contribution in [2.45, 2.75) is 38.7 Å². The molecule has 2 fully saturated rings. The van der Waals surface area contributed by atoms with E-state index < -0.39 is 0 Å². The highest BCUT2D eigenvalue weighted by Gasteiger charge is 2.21. The summed E-state index contributed by atoms with van der Waals surface area (Å²) in [7, 11) is 0. The minimum absolute atomic E-state index is 0.291.